The van der Waals surface area contributed by atoms with Crippen LogP contribution in [0.3, 0.4) is 0 Å². The summed E-state index contributed by atoms with van der Waals surface area (Å²) in [6, 6.07) is 5.80. The lowest BCUT2D eigenvalue weighted by molar-refractivity contribution is -0.384. The fourth-order valence-electron chi connectivity index (χ4n) is 2.75. The number of nitrogens with zero attached hydrogens (tertiary/aromatic N) is 2. The van der Waals surface area contributed by atoms with Gasteiger partial charge in [0.05, 0.1) is 24.0 Å². The molecule has 130 valence electrons. The second kappa shape index (κ2) is 8.39. The summed E-state index contributed by atoms with van der Waals surface area (Å²) >= 11 is 0. The Labute approximate surface area is 139 Å². The zero-order valence-electron chi connectivity index (χ0n) is 13.6. The first-order valence-corrected chi connectivity index (χ1v) is 7.93. The summed E-state index contributed by atoms with van der Waals surface area (Å²) in [5, 5.41) is 13.4. The summed E-state index contributed by atoms with van der Waals surface area (Å²) in [5.74, 6) is -0.689. The molecule has 1 aliphatic heterocycles. The molecule has 1 aliphatic rings. The number of esters is 1. The van der Waals surface area contributed by atoms with Crippen LogP contribution in [0.15, 0.2) is 24.3 Å². The zero-order chi connectivity index (χ0) is 17.5. The predicted molar refractivity (Wildman–Crippen MR) is 87.5 cm³/mol. The molecule has 1 aromatic carbocycles. The average Bonchev–Trinajstić information content (AvgIpc) is 2.55. The summed E-state index contributed by atoms with van der Waals surface area (Å²) in [5.41, 5.74) is 0.307. The molecule has 2 rings (SSSR count). The van der Waals surface area contributed by atoms with E-state index in [1.165, 1.54) is 18.2 Å². The molecule has 1 aromatic rings. The molecule has 1 unspecified atom stereocenters. The summed E-state index contributed by atoms with van der Waals surface area (Å²) in [4.78, 5) is 36.1. The second-order valence-corrected chi connectivity index (χ2v) is 5.68. The highest BCUT2D eigenvalue weighted by atomic mass is 16.6. The van der Waals surface area contributed by atoms with Gasteiger partial charge in [0.2, 0.25) is 5.91 Å². The van der Waals surface area contributed by atoms with Gasteiger partial charge in [-0.15, -0.1) is 0 Å². The molecule has 1 heterocycles. The third kappa shape index (κ3) is 5.02. The summed E-state index contributed by atoms with van der Waals surface area (Å²) in [7, 11) is 0. The van der Waals surface area contributed by atoms with E-state index >= 15 is 0 Å². The van der Waals surface area contributed by atoms with Crippen LogP contribution in [0.2, 0.25) is 0 Å². The lowest BCUT2D eigenvalue weighted by Gasteiger charge is -2.30. The van der Waals surface area contributed by atoms with Crippen LogP contribution in [0.5, 0.6) is 0 Å². The van der Waals surface area contributed by atoms with E-state index in [4.69, 9.17) is 4.74 Å². The van der Waals surface area contributed by atoms with Crippen LogP contribution in [0.1, 0.15) is 19.8 Å². The molecule has 8 nitrogen and oxygen atoms in total. The number of nitro groups is 1. The van der Waals surface area contributed by atoms with Gasteiger partial charge in [-0.2, -0.15) is 0 Å². The Kier molecular flexibility index (Phi) is 6.25. The van der Waals surface area contributed by atoms with Crippen LogP contribution in [0, 0.1) is 16.0 Å². The lowest BCUT2D eigenvalue weighted by Crippen LogP contribution is -2.43. The van der Waals surface area contributed by atoms with E-state index in [-0.39, 0.29) is 30.0 Å². The highest BCUT2D eigenvalue weighted by Crippen LogP contribution is 2.19. The number of carbonyl (C=O) groups excluding carboxylic acids is 2. The zero-order valence-corrected chi connectivity index (χ0v) is 13.6. The predicted octanol–water partition coefficient (Wildman–Crippen LogP) is 1.81. The number of hydrogen-bond donors (Lipinski definition) is 1. The van der Waals surface area contributed by atoms with Crippen LogP contribution < -0.4 is 5.32 Å². The highest BCUT2D eigenvalue weighted by molar-refractivity contribution is 5.92. The molecule has 0 radical (unpaired) electrons. The summed E-state index contributed by atoms with van der Waals surface area (Å²) in [6.07, 6.45) is 1.59. The summed E-state index contributed by atoms with van der Waals surface area (Å²) in [6.45, 7) is 3.48. The van der Waals surface area contributed by atoms with Gasteiger partial charge in [-0.3, -0.25) is 24.6 Å². The molecule has 0 spiro atoms. The average molecular weight is 335 g/mol. The van der Waals surface area contributed by atoms with Gasteiger partial charge in [0, 0.05) is 24.4 Å². The number of nitrogens with one attached hydrogen (secondary N) is 1. The number of likely N-dealkylation sites (tertiary alicyclic amines) is 1. The van der Waals surface area contributed by atoms with E-state index < -0.39 is 4.92 Å². The van der Waals surface area contributed by atoms with E-state index in [1.54, 1.807) is 13.0 Å². The van der Waals surface area contributed by atoms with Crippen molar-refractivity contribution in [3.8, 4) is 0 Å². The lowest BCUT2D eigenvalue weighted by atomic mass is 9.98. The molecule has 0 aliphatic carbocycles. The maximum absolute atomic E-state index is 12.1. The minimum atomic E-state index is -0.510. The number of non-ortho nitro benzene ring substituents is 1. The van der Waals surface area contributed by atoms with Gasteiger partial charge in [0.25, 0.3) is 5.69 Å². The monoisotopic (exact) mass is 335 g/mol. The Morgan fingerprint density at radius 3 is 2.96 bits per heavy atom. The molecular formula is C16H21N3O5. The van der Waals surface area contributed by atoms with Crippen LogP contribution in [0.4, 0.5) is 11.4 Å². The van der Waals surface area contributed by atoms with Gasteiger partial charge in [-0.25, -0.2) is 0 Å². The maximum atomic E-state index is 12.1. The normalized spacial score (nSPS) is 18.0. The van der Waals surface area contributed by atoms with Gasteiger partial charge >= 0.3 is 5.97 Å². The largest absolute Gasteiger partial charge is 0.466 e. The number of carbonyl (C=O) groups is 2. The Morgan fingerprint density at radius 1 is 1.46 bits per heavy atom. The molecule has 0 saturated carbocycles. The maximum Gasteiger partial charge on any atom is 0.310 e. The first kappa shape index (κ1) is 17.9. The number of benzene rings is 1. The van der Waals surface area contributed by atoms with Gasteiger partial charge in [0.15, 0.2) is 0 Å². The van der Waals surface area contributed by atoms with Gasteiger partial charge < -0.3 is 10.1 Å². The first-order valence-electron chi connectivity index (χ1n) is 7.93. The topological polar surface area (TPSA) is 102 Å². The molecule has 0 aromatic heterocycles. The van der Waals surface area contributed by atoms with Crippen molar-refractivity contribution in [3.63, 3.8) is 0 Å². The van der Waals surface area contributed by atoms with Crippen molar-refractivity contribution < 1.29 is 19.2 Å². The third-order valence-corrected chi connectivity index (χ3v) is 3.83. The van der Waals surface area contributed by atoms with Gasteiger partial charge in [-0.1, -0.05) is 6.07 Å². The number of ether oxygens (including phenoxy) is 1. The Balaban J connectivity index is 1.89. The van der Waals surface area contributed by atoms with Crippen molar-refractivity contribution in [2.75, 3.05) is 31.6 Å². The van der Waals surface area contributed by atoms with E-state index in [1.807, 2.05) is 4.90 Å². The van der Waals surface area contributed by atoms with E-state index in [9.17, 15) is 19.7 Å². The number of anilines is 1. The Morgan fingerprint density at radius 2 is 2.25 bits per heavy atom. The van der Waals surface area contributed by atoms with Crippen LogP contribution in [-0.4, -0.2) is 47.9 Å². The minimum absolute atomic E-state index is 0.0758. The van der Waals surface area contributed by atoms with E-state index in [0.717, 1.165) is 19.4 Å². The molecule has 1 N–H and O–H groups in total. The van der Waals surface area contributed by atoms with Crippen molar-refractivity contribution in [2.45, 2.75) is 19.8 Å². The van der Waals surface area contributed by atoms with Crippen molar-refractivity contribution in [1.82, 2.24) is 4.90 Å². The molecule has 0 bridgehead atoms. The molecule has 1 fully saturated rings. The third-order valence-electron chi connectivity index (χ3n) is 3.83. The van der Waals surface area contributed by atoms with Crippen LogP contribution >= 0.6 is 0 Å². The Hall–Kier alpha value is -2.48. The van der Waals surface area contributed by atoms with Gasteiger partial charge in [-0.05, 0) is 32.4 Å². The van der Waals surface area contributed by atoms with E-state index in [0.29, 0.717) is 18.8 Å². The molecule has 24 heavy (non-hydrogen) atoms. The fraction of sp³-hybridized carbons (Fsp3) is 0.500. The fourth-order valence-corrected chi connectivity index (χ4v) is 2.75. The van der Waals surface area contributed by atoms with Crippen molar-refractivity contribution in [1.29, 1.82) is 0 Å². The molecule has 1 saturated heterocycles. The second-order valence-electron chi connectivity index (χ2n) is 5.68. The first-order chi connectivity index (χ1) is 11.5. The molecule has 8 heteroatoms. The van der Waals surface area contributed by atoms with Crippen molar-refractivity contribution in [3.05, 3.63) is 34.4 Å². The van der Waals surface area contributed by atoms with Crippen molar-refractivity contribution >= 4 is 23.3 Å². The van der Waals surface area contributed by atoms with Crippen molar-refractivity contribution in [2.24, 2.45) is 5.92 Å². The standard InChI is InChI=1S/C16H21N3O5/c1-2-24-16(21)12-5-4-8-18(10-12)11-15(20)17-13-6-3-7-14(9-13)19(22)23/h3,6-7,9,12H,2,4-5,8,10-11H2,1H3,(H,17,20). The van der Waals surface area contributed by atoms with Gasteiger partial charge in [0.1, 0.15) is 0 Å². The number of nitro benzene ring substituents is 1. The quantitative estimate of drug-likeness (QED) is 0.483. The minimum Gasteiger partial charge on any atom is -0.466 e. The summed E-state index contributed by atoms with van der Waals surface area (Å²) < 4.78 is 5.04. The number of amides is 1. The molecule has 1 atom stereocenters. The van der Waals surface area contributed by atoms with Crippen LogP contribution in [0.25, 0.3) is 0 Å². The molecule has 1 amide bonds. The number of hydrogen-bond acceptors (Lipinski definition) is 6. The van der Waals surface area contributed by atoms with Crippen LogP contribution in [-0.2, 0) is 14.3 Å². The van der Waals surface area contributed by atoms with E-state index in [2.05, 4.69) is 5.32 Å². The number of piperidine rings is 1. The number of rotatable bonds is 6. The SMILES string of the molecule is CCOC(=O)C1CCCN(CC(=O)Nc2cccc([N+](=O)[O-])c2)C1. The Bertz CT molecular complexity index is 619. The molecular weight excluding hydrogens is 314 g/mol. The highest BCUT2D eigenvalue weighted by Gasteiger charge is 2.27. The smallest absolute Gasteiger partial charge is 0.310 e.